The molecule has 84 valence electrons. The van der Waals surface area contributed by atoms with Gasteiger partial charge in [0.1, 0.15) is 0 Å². The Balaban J connectivity index is 2.51. The van der Waals surface area contributed by atoms with Crippen LogP contribution in [0.15, 0.2) is 23.3 Å². The maximum absolute atomic E-state index is 6.56. The smallest absolute Gasteiger partial charge is 0.0412 e. The Labute approximate surface area is 93.4 Å². The molecule has 15 heavy (non-hydrogen) atoms. The molecule has 0 spiro atoms. The Morgan fingerprint density at radius 3 is 2.67 bits per heavy atom. The third-order valence-electron chi connectivity index (χ3n) is 4.32. The molecule has 0 aromatic rings. The third kappa shape index (κ3) is 1.57. The second kappa shape index (κ2) is 3.21. The molecule has 0 amide bonds. The first-order chi connectivity index (χ1) is 6.89. The molecule has 0 aliphatic heterocycles. The van der Waals surface area contributed by atoms with Gasteiger partial charge in [0.15, 0.2) is 0 Å². The molecule has 2 rings (SSSR count). The van der Waals surface area contributed by atoms with Crippen molar-refractivity contribution in [3.63, 3.8) is 0 Å². The van der Waals surface area contributed by atoms with Gasteiger partial charge in [-0.05, 0) is 44.1 Å². The van der Waals surface area contributed by atoms with Crippen LogP contribution in [-0.2, 0) is 0 Å². The SMILES string of the molecule is CC=C1C2C=C(C)C[C@@]1(N)CCC2(C)C. The zero-order valence-corrected chi connectivity index (χ0v) is 10.4. The van der Waals surface area contributed by atoms with Crippen molar-refractivity contribution in [2.24, 2.45) is 17.1 Å². The minimum atomic E-state index is -0.0340. The predicted molar refractivity (Wildman–Crippen MR) is 65.6 cm³/mol. The van der Waals surface area contributed by atoms with Crippen LogP contribution in [0.25, 0.3) is 0 Å². The highest BCUT2D eigenvalue weighted by Gasteiger charge is 2.47. The maximum Gasteiger partial charge on any atom is 0.0412 e. The molecule has 1 saturated carbocycles. The van der Waals surface area contributed by atoms with Gasteiger partial charge in [-0.25, -0.2) is 0 Å². The van der Waals surface area contributed by atoms with Crippen LogP contribution in [0.3, 0.4) is 0 Å². The first-order valence-electron chi connectivity index (χ1n) is 6.02. The van der Waals surface area contributed by atoms with E-state index in [1.54, 1.807) is 0 Å². The van der Waals surface area contributed by atoms with E-state index in [0.717, 1.165) is 12.8 Å². The van der Waals surface area contributed by atoms with Crippen LogP contribution >= 0.6 is 0 Å². The predicted octanol–water partition coefficient (Wildman–Crippen LogP) is 3.42. The topological polar surface area (TPSA) is 26.0 Å². The summed E-state index contributed by atoms with van der Waals surface area (Å²) < 4.78 is 0. The van der Waals surface area contributed by atoms with Crippen LogP contribution < -0.4 is 5.73 Å². The molecule has 0 aromatic carbocycles. The highest BCUT2D eigenvalue weighted by molar-refractivity contribution is 5.37. The molecule has 2 aliphatic carbocycles. The molecule has 2 aliphatic rings. The first-order valence-corrected chi connectivity index (χ1v) is 6.02. The molecule has 1 heteroatoms. The van der Waals surface area contributed by atoms with E-state index in [1.165, 1.54) is 17.6 Å². The van der Waals surface area contributed by atoms with Gasteiger partial charge in [-0.3, -0.25) is 0 Å². The van der Waals surface area contributed by atoms with Crippen molar-refractivity contribution in [1.82, 2.24) is 0 Å². The molecule has 0 aromatic heterocycles. The molecule has 0 saturated heterocycles. The fourth-order valence-corrected chi connectivity index (χ4v) is 3.39. The molecule has 1 unspecified atom stereocenters. The average molecular weight is 205 g/mol. The quantitative estimate of drug-likeness (QED) is 0.602. The minimum absolute atomic E-state index is 0.0340. The average Bonchev–Trinajstić information content (AvgIpc) is 2.12. The Morgan fingerprint density at radius 1 is 1.40 bits per heavy atom. The molecule has 0 radical (unpaired) electrons. The maximum atomic E-state index is 6.56. The number of fused-ring (bicyclic) bond motifs is 2. The number of rotatable bonds is 0. The highest BCUT2D eigenvalue weighted by atomic mass is 14.8. The minimum Gasteiger partial charge on any atom is -0.321 e. The van der Waals surface area contributed by atoms with Crippen molar-refractivity contribution in [3.8, 4) is 0 Å². The van der Waals surface area contributed by atoms with Crippen LogP contribution in [0.4, 0.5) is 0 Å². The van der Waals surface area contributed by atoms with Gasteiger partial charge in [-0.1, -0.05) is 31.6 Å². The fourth-order valence-electron chi connectivity index (χ4n) is 3.39. The Kier molecular flexibility index (Phi) is 2.34. The van der Waals surface area contributed by atoms with Crippen LogP contribution in [0.2, 0.25) is 0 Å². The molecular formula is C14H23N. The second-order valence-electron chi connectivity index (χ2n) is 6.06. The van der Waals surface area contributed by atoms with Crippen molar-refractivity contribution >= 4 is 0 Å². The normalized spacial score (nSPS) is 41.5. The van der Waals surface area contributed by atoms with Crippen LogP contribution in [-0.4, -0.2) is 5.54 Å². The standard InChI is InChI=1S/C14H23N/c1-5-11-12-8-10(2)9-14(11,15)7-6-13(12,3)4/h5,8,12H,6-7,9,15H2,1-4H3/t12?,14-/m0/s1. The molecule has 1 fully saturated rings. The summed E-state index contributed by atoms with van der Waals surface area (Å²) >= 11 is 0. The van der Waals surface area contributed by atoms with Gasteiger partial charge in [-0.2, -0.15) is 0 Å². The molecule has 0 heterocycles. The van der Waals surface area contributed by atoms with Crippen molar-refractivity contribution in [2.75, 3.05) is 0 Å². The monoisotopic (exact) mass is 205 g/mol. The summed E-state index contributed by atoms with van der Waals surface area (Å²) in [6, 6.07) is 0. The summed E-state index contributed by atoms with van der Waals surface area (Å²) in [6.07, 6.45) is 8.14. The zero-order valence-electron chi connectivity index (χ0n) is 10.4. The van der Waals surface area contributed by atoms with E-state index in [0.29, 0.717) is 11.3 Å². The van der Waals surface area contributed by atoms with Crippen molar-refractivity contribution in [2.45, 2.75) is 52.5 Å². The molecular weight excluding hydrogens is 182 g/mol. The van der Waals surface area contributed by atoms with Crippen molar-refractivity contribution in [1.29, 1.82) is 0 Å². The summed E-state index contributed by atoms with van der Waals surface area (Å²) in [4.78, 5) is 0. The summed E-state index contributed by atoms with van der Waals surface area (Å²) in [5.41, 5.74) is 9.85. The summed E-state index contributed by atoms with van der Waals surface area (Å²) in [7, 11) is 0. The van der Waals surface area contributed by atoms with E-state index in [1.807, 2.05) is 0 Å². The van der Waals surface area contributed by atoms with Crippen molar-refractivity contribution < 1.29 is 0 Å². The van der Waals surface area contributed by atoms with Gasteiger partial charge in [0.2, 0.25) is 0 Å². The van der Waals surface area contributed by atoms with Gasteiger partial charge in [0.25, 0.3) is 0 Å². The molecule has 2 bridgehead atoms. The van der Waals surface area contributed by atoms with Gasteiger partial charge < -0.3 is 5.73 Å². The number of hydrogen-bond acceptors (Lipinski definition) is 1. The second-order valence-corrected chi connectivity index (χ2v) is 6.06. The molecule has 2 atom stereocenters. The fraction of sp³-hybridized carbons (Fsp3) is 0.714. The van der Waals surface area contributed by atoms with E-state index in [4.69, 9.17) is 5.73 Å². The summed E-state index contributed by atoms with van der Waals surface area (Å²) in [6.45, 7) is 9.11. The first kappa shape index (κ1) is 10.9. The van der Waals surface area contributed by atoms with Gasteiger partial charge in [0.05, 0.1) is 0 Å². The Morgan fingerprint density at radius 2 is 2.07 bits per heavy atom. The third-order valence-corrected chi connectivity index (χ3v) is 4.32. The van der Waals surface area contributed by atoms with Crippen LogP contribution in [0, 0.1) is 11.3 Å². The van der Waals surface area contributed by atoms with Crippen LogP contribution in [0.5, 0.6) is 0 Å². The highest BCUT2D eigenvalue weighted by Crippen LogP contribution is 2.52. The lowest BCUT2D eigenvalue weighted by Gasteiger charge is -2.51. The Bertz CT molecular complexity index is 335. The number of nitrogens with two attached hydrogens (primary N) is 1. The molecule has 1 nitrogen and oxygen atoms in total. The lowest BCUT2D eigenvalue weighted by molar-refractivity contribution is 0.163. The van der Waals surface area contributed by atoms with E-state index in [2.05, 4.69) is 39.8 Å². The van der Waals surface area contributed by atoms with Crippen LogP contribution in [0.1, 0.15) is 47.0 Å². The lowest BCUT2D eigenvalue weighted by atomic mass is 9.56. The summed E-state index contributed by atoms with van der Waals surface area (Å²) in [5, 5.41) is 0. The van der Waals surface area contributed by atoms with E-state index < -0.39 is 0 Å². The van der Waals surface area contributed by atoms with Gasteiger partial charge >= 0.3 is 0 Å². The Hall–Kier alpha value is -0.560. The number of hydrogen-bond donors (Lipinski definition) is 1. The van der Waals surface area contributed by atoms with Crippen molar-refractivity contribution in [3.05, 3.63) is 23.3 Å². The largest absolute Gasteiger partial charge is 0.321 e. The summed E-state index contributed by atoms with van der Waals surface area (Å²) in [5.74, 6) is 0.565. The molecule has 2 N–H and O–H groups in total. The van der Waals surface area contributed by atoms with E-state index in [-0.39, 0.29) is 5.54 Å². The lowest BCUT2D eigenvalue weighted by Crippen LogP contribution is -2.53. The van der Waals surface area contributed by atoms with E-state index in [9.17, 15) is 0 Å². The number of allylic oxidation sites excluding steroid dienone is 2. The zero-order chi connectivity index (χ0) is 11.3. The van der Waals surface area contributed by atoms with Gasteiger partial charge in [0, 0.05) is 11.5 Å². The van der Waals surface area contributed by atoms with Gasteiger partial charge in [-0.15, -0.1) is 0 Å². The van der Waals surface area contributed by atoms with E-state index >= 15 is 0 Å².